The number of hydrogen-bond donors (Lipinski definition) is 4. The molecule has 1 heterocycles. The third kappa shape index (κ3) is 7.70. The Morgan fingerprint density at radius 2 is 1.85 bits per heavy atom. The topological polar surface area (TPSA) is 86.8 Å². The summed E-state index contributed by atoms with van der Waals surface area (Å²) < 4.78 is 47.8. The fourth-order valence-corrected chi connectivity index (χ4v) is 5.04. The van der Waals surface area contributed by atoms with Crippen LogP contribution in [-0.4, -0.2) is 67.7 Å². The van der Waals surface area contributed by atoms with Crippen LogP contribution in [0.25, 0.3) is 0 Å². The van der Waals surface area contributed by atoms with Crippen LogP contribution in [0.15, 0.2) is 4.99 Å². The van der Waals surface area contributed by atoms with Crippen LogP contribution >= 0.6 is 11.6 Å². The summed E-state index contributed by atoms with van der Waals surface area (Å²) in [6.45, 7) is 3.38. The van der Waals surface area contributed by atoms with Gasteiger partial charge in [-0.05, 0) is 64.2 Å². The van der Waals surface area contributed by atoms with E-state index in [-0.39, 0.29) is 42.6 Å². The first-order valence-electron chi connectivity index (χ1n) is 12.2. The Hall–Kier alpha value is -1.10. The van der Waals surface area contributed by atoms with Crippen LogP contribution in [0.1, 0.15) is 58.3 Å². The molecule has 3 fully saturated rings. The summed E-state index contributed by atoms with van der Waals surface area (Å²) in [5.41, 5.74) is 5.98. The van der Waals surface area contributed by atoms with Crippen LogP contribution in [0.3, 0.4) is 0 Å². The minimum Gasteiger partial charge on any atom is -0.382 e. The normalized spacial score (nSPS) is 37.7. The predicted octanol–water partition coefficient (Wildman–Crippen LogP) is 2.89. The summed E-state index contributed by atoms with van der Waals surface area (Å²) in [4.78, 5) is 17.1. The highest BCUT2D eigenvalue weighted by atomic mass is 35.5. The smallest absolute Gasteiger partial charge is 0.229 e. The van der Waals surface area contributed by atoms with Crippen LogP contribution in [0.5, 0.6) is 0 Å². The van der Waals surface area contributed by atoms with Crippen molar-refractivity contribution in [2.75, 3.05) is 19.8 Å². The van der Waals surface area contributed by atoms with Gasteiger partial charge in [-0.1, -0.05) is 0 Å². The molecule has 0 aromatic heterocycles. The predicted molar refractivity (Wildman–Crippen MR) is 122 cm³/mol. The molecule has 190 valence electrons. The summed E-state index contributed by atoms with van der Waals surface area (Å²) >= 11 is 6.18. The van der Waals surface area contributed by atoms with Gasteiger partial charge in [0.1, 0.15) is 18.5 Å². The Bertz CT molecular complexity index is 654. The first-order valence-corrected chi connectivity index (χ1v) is 12.6. The van der Waals surface area contributed by atoms with Crippen LogP contribution in [-0.2, 0) is 9.53 Å². The fraction of sp³-hybridized carbons (Fsp3) is 0.909. The molecule has 1 amide bonds. The second-order valence-corrected chi connectivity index (χ2v) is 9.82. The number of guanidine groups is 1. The molecule has 0 bridgehead atoms. The molecule has 2 aliphatic carbocycles. The molecule has 33 heavy (non-hydrogen) atoms. The van der Waals surface area contributed by atoms with Crippen LogP contribution < -0.4 is 21.5 Å². The molecule has 3 aliphatic rings. The largest absolute Gasteiger partial charge is 0.382 e. The molecule has 3 rings (SSSR count). The molecule has 1 saturated heterocycles. The van der Waals surface area contributed by atoms with Crippen molar-refractivity contribution >= 4 is 23.5 Å². The lowest BCUT2D eigenvalue weighted by atomic mass is 9.82. The molecular formula is C22H37ClF3N5O2. The van der Waals surface area contributed by atoms with Crippen molar-refractivity contribution < 1.29 is 22.7 Å². The number of rotatable bonds is 8. The maximum atomic E-state index is 15.3. The van der Waals surface area contributed by atoms with Crippen LogP contribution in [0.2, 0.25) is 0 Å². The lowest BCUT2D eigenvalue weighted by Gasteiger charge is -2.30. The number of alkyl halides is 4. The molecule has 11 heteroatoms. The second-order valence-electron chi connectivity index (χ2n) is 9.20. The highest BCUT2D eigenvalue weighted by Crippen LogP contribution is 2.33. The van der Waals surface area contributed by atoms with Crippen molar-refractivity contribution in [2.24, 2.45) is 16.8 Å². The van der Waals surface area contributed by atoms with Crippen molar-refractivity contribution in [2.45, 2.75) is 94.4 Å². The molecule has 2 saturated carbocycles. The second kappa shape index (κ2) is 13.1. The van der Waals surface area contributed by atoms with Crippen LogP contribution in [0, 0.1) is 11.8 Å². The third-order valence-corrected chi connectivity index (χ3v) is 7.23. The van der Waals surface area contributed by atoms with E-state index in [1.165, 1.54) is 0 Å². The van der Waals surface area contributed by atoms with E-state index in [1.54, 1.807) is 0 Å². The Kier molecular flexibility index (Phi) is 10.5. The fourth-order valence-electron chi connectivity index (χ4n) is 4.79. The number of carbonyl (C=O) groups excluding carboxylic acids is 1. The first kappa shape index (κ1) is 26.5. The van der Waals surface area contributed by atoms with E-state index in [0.29, 0.717) is 26.2 Å². The zero-order chi connectivity index (χ0) is 23.8. The Morgan fingerprint density at radius 3 is 2.55 bits per heavy atom. The maximum absolute atomic E-state index is 15.3. The van der Waals surface area contributed by atoms with E-state index in [2.05, 4.69) is 26.5 Å². The summed E-state index contributed by atoms with van der Waals surface area (Å²) in [7, 11) is 0. The molecule has 1 aliphatic heterocycles. The number of hydrazine groups is 1. The van der Waals surface area contributed by atoms with Gasteiger partial charge < -0.3 is 10.1 Å². The first-order chi connectivity index (χ1) is 15.9. The standard InChI is InChI=1S/C22H37ClF3N5O2/c1-2-33-11-3-10-27-22(29-21(32)14-6-9-16(24)17(25)12-14)28-20-18(26)19(30-31-20)13-4-7-15(23)8-5-13/h13-20,30-31H,2-12H2,1H3,(H2,27,28,29,32). The van der Waals surface area contributed by atoms with Crippen molar-refractivity contribution in [1.82, 2.24) is 21.5 Å². The van der Waals surface area contributed by atoms with E-state index in [9.17, 15) is 13.6 Å². The zero-order valence-electron chi connectivity index (χ0n) is 19.2. The molecule has 0 aromatic carbocycles. The number of halogens is 4. The Labute approximate surface area is 199 Å². The number of carbonyl (C=O) groups is 1. The monoisotopic (exact) mass is 495 g/mol. The summed E-state index contributed by atoms with van der Waals surface area (Å²) in [5, 5.41) is 5.80. The lowest BCUT2D eigenvalue weighted by Crippen LogP contribution is -2.54. The number of hydrogen-bond acceptors (Lipinski definition) is 5. The van der Waals surface area contributed by atoms with Gasteiger partial charge in [-0.25, -0.2) is 24.0 Å². The molecule has 6 atom stereocenters. The molecule has 0 radical (unpaired) electrons. The molecule has 4 N–H and O–H groups in total. The number of aliphatic imine (C=N–C) groups is 1. The van der Waals surface area contributed by atoms with Gasteiger partial charge >= 0.3 is 0 Å². The zero-order valence-corrected chi connectivity index (χ0v) is 19.9. The number of amides is 1. The van der Waals surface area contributed by atoms with Crippen LogP contribution in [0.4, 0.5) is 13.2 Å². The van der Waals surface area contributed by atoms with E-state index in [0.717, 1.165) is 25.7 Å². The van der Waals surface area contributed by atoms with Gasteiger partial charge in [0.2, 0.25) is 5.91 Å². The lowest BCUT2D eigenvalue weighted by molar-refractivity contribution is -0.125. The average Bonchev–Trinajstić information content (AvgIpc) is 3.15. The maximum Gasteiger partial charge on any atom is 0.229 e. The minimum atomic E-state index is -1.64. The van der Waals surface area contributed by atoms with Crippen molar-refractivity contribution in [1.29, 1.82) is 0 Å². The van der Waals surface area contributed by atoms with E-state index >= 15 is 4.39 Å². The van der Waals surface area contributed by atoms with Gasteiger partial charge in [-0.15, -0.1) is 11.6 Å². The molecule has 7 nitrogen and oxygen atoms in total. The Balaban J connectivity index is 1.58. The van der Waals surface area contributed by atoms with Gasteiger partial charge in [0.15, 0.2) is 12.1 Å². The summed E-state index contributed by atoms with van der Waals surface area (Å²) in [6, 6.07) is -0.367. The number of nitrogens with zero attached hydrogens (tertiary/aromatic N) is 1. The van der Waals surface area contributed by atoms with Crippen molar-refractivity contribution in [3.05, 3.63) is 0 Å². The van der Waals surface area contributed by atoms with Gasteiger partial charge in [0.05, 0.1) is 6.04 Å². The molecule has 6 unspecified atom stereocenters. The third-order valence-electron chi connectivity index (χ3n) is 6.79. The van der Waals surface area contributed by atoms with Gasteiger partial charge in [0, 0.05) is 31.1 Å². The summed E-state index contributed by atoms with van der Waals surface area (Å²) in [6.07, 6.45) is -0.989. The van der Waals surface area contributed by atoms with Crippen molar-refractivity contribution in [3.8, 4) is 0 Å². The average molecular weight is 496 g/mol. The van der Waals surface area contributed by atoms with E-state index in [4.69, 9.17) is 16.3 Å². The quantitative estimate of drug-likeness (QED) is 0.180. The van der Waals surface area contributed by atoms with Crippen molar-refractivity contribution in [3.63, 3.8) is 0 Å². The van der Waals surface area contributed by atoms with Gasteiger partial charge in [-0.2, -0.15) is 0 Å². The SMILES string of the molecule is CCOCCCN=C(NC(=O)C1CCC(F)C(F)C1)NC1NNC(C2CCC(Cl)CC2)C1F. The van der Waals surface area contributed by atoms with Gasteiger partial charge in [0.25, 0.3) is 0 Å². The van der Waals surface area contributed by atoms with E-state index < -0.39 is 36.5 Å². The van der Waals surface area contributed by atoms with Gasteiger partial charge in [-0.3, -0.25) is 15.1 Å². The molecule has 0 spiro atoms. The number of ether oxygens (including phenoxy) is 1. The number of nitrogens with one attached hydrogen (secondary N) is 4. The summed E-state index contributed by atoms with van der Waals surface area (Å²) in [5.74, 6) is -0.773. The minimum absolute atomic E-state index is 0.0143. The Morgan fingerprint density at radius 1 is 1.09 bits per heavy atom. The molecular weight excluding hydrogens is 459 g/mol. The highest BCUT2D eigenvalue weighted by molar-refractivity contribution is 6.20. The molecule has 0 aromatic rings. The highest BCUT2D eigenvalue weighted by Gasteiger charge is 2.42. The van der Waals surface area contributed by atoms with E-state index in [1.807, 2.05) is 6.92 Å².